The molecule has 5 nitrogen and oxygen atoms in total. The summed E-state index contributed by atoms with van der Waals surface area (Å²) in [6.07, 6.45) is 2.21. The fraction of sp³-hybridized carbons (Fsp3) is 0.314. The summed E-state index contributed by atoms with van der Waals surface area (Å²) in [5.41, 5.74) is 8.19. The fourth-order valence-electron chi connectivity index (χ4n) is 5.68. The molecule has 7 heteroatoms. The van der Waals surface area contributed by atoms with E-state index >= 15 is 4.39 Å². The van der Waals surface area contributed by atoms with E-state index in [-0.39, 0.29) is 24.8 Å². The van der Waals surface area contributed by atoms with E-state index in [4.69, 9.17) is 19.2 Å². The number of hydrogen-bond acceptors (Lipinski definition) is 5. The Balaban J connectivity index is 1.56. The molecule has 1 aliphatic heterocycles. The summed E-state index contributed by atoms with van der Waals surface area (Å²) in [6.45, 7) is 8.78. The van der Waals surface area contributed by atoms with Crippen molar-refractivity contribution >= 4 is 5.97 Å². The lowest BCUT2D eigenvalue weighted by atomic mass is 9.84. The molecule has 4 aromatic rings. The molecular weight excluding hydrogens is 536 g/mol. The number of nitrogens with zero attached hydrogens (tertiary/aromatic N) is 1. The van der Waals surface area contributed by atoms with Crippen molar-refractivity contribution in [3.8, 4) is 33.8 Å². The topological polar surface area (TPSA) is 57.7 Å². The minimum atomic E-state index is -0.407. The molecule has 0 saturated carbocycles. The zero-order valence-electron chi connectivity index (χ0n) is 24.5. The maximum Gasteiger partial charge on any atom is 0.310 e. The van der Waals surface area contributed by atoms with Gasteiger partial charge in [-0.1, -0.05) is 24.3 Å². The predicted octanol–water partition coefficient (Wildman–Crippen LogP) is 7.67. The van der Waals surface area contributed by atoms with Crippen LogP contribution < -0.4 is 9.47 Å². The van der Waals surface area contributed by atoms with E-state index in [0.29, 0.717) is 42.4 Å². The third-order valence-corrected chi connectivity index (χ3v) is 7.73. The number of rotatable bonds is 9. The molecule has 0 aliphatic carbocycles. The van der Waals surface area contributed by atoms with Gasteiger partial charge in [-0.15, -0.1) is 0 Å². The first-order valence-corrected chi connectivity index (χ1v) is 14.3. The molecule has 3 aromatic carbocycles. The Morgan fingerprint density at radius 2 is 1.71 bits per heavy atom. The lowest BCUT2D eigenvalue weighted by molar-refractivity contribution is -0.142. The number of carbonyl (C=O) groups is 1. The first-order chi connectivity index (χ1) is 20.3. The number of ether oxygens (including phenoxy) is 3. The molecule has 218 valence electrons. The molecule has 0 amide bonds. The molecule has 0 fully saturated rings. The number of aryl methyl sites for hydroxylation is 2. The predicted molar refractivity (Wildman–Crippen MR) is 159 cm³/mol. The Morgan fingerprint density at radius 3 is 2.43 bits per heavy atom. The van der Waals surface area contributed by atoms with Crippen LogP contribution in [0, 0.1) is 32.4 Å². The van der Waals surface area contributed by atoms with Gasteiger partial charge < -0.3 is 14.2 Å². The van der Waals surface area contributed by atoms with Gasteiger partial charge in [-0.05, 0) is 104 Å². The minimum absolute atomic E-state index is 0.0223. The molecule has 0 bridgehead atoms. The maximum atomic E-state index is 15.5. The van der Waals surface area contributed by atoms with Crippen molar-refractivity contribution in [2.45, 2.75) is 53.4 Å². The van der Waals surface area contributed by atoms with Crippen LogP contribution >= 0.6 is 0 Å². The Labute approximate surface area is 245 Å². The third-order valence-electron chi connectivity index (χ3n) is 7.73. The summed E-state index contributed by atoms with van der Waals surface area (Å²) in [5.74, 6) is -0.0126. The summed E-state index contributed by atoms with van der Waals surface area (Å²) in [5, 5.41) is 0. The summed E-state index contributed by atoms with van der Waals surface area (Å²) >= 11 is 0. The van der Waals surface area contributed by atoms with Crippen LogP contribution in [0.25, 0.3) is 22.3 Å². The molecule has 42 heavy (non-hydrogen) atoms. The number of halogens is 2. The van der Waals surface area contributed by atoms with E-state index in [9.17, 15) is 9.18 Å². The molecule has 0 atom stereocenters. The summed E-state index contributed by atoms with van der Waals surface area (Å²) in [4.78, 5) is 17.6. The quantitative estimate of drug-likeness (QED) is 0.193. The summed E-state index contributed by atoms with van der Waals surface area (Å²) in [6, 6.07) is 15.6. The number of fused-ring (bicyclic) bond motifs is 1. The van der Waals surface area contributed by atoms with Crippen molar-refractivity contribution < 1.29 is 27.8 Å². The average molecular weight is 572 g/mol. The highest BCUT2D eigenvalue weighted by molar-refractivity contribution is 5.91. The van der Waals surface area contributed by atoms with E-state index in [0.717, 1.165) is 57.5 Å². The standard InChI is InChI=1S/C35H35F2NO4/c1-5-40-32(39)20-30-22(3)38-23(4)33(34(30)29-19-31(37)35-28(21(29)2)7-6-17-42-35)25-10-14-27(15-11-25)41-18-16-24-8-12-26(36)13-9-24/h8-15,19H,5-7,16-18,20H2,1-4H3. The molecule has 5 rings (SSSR count). The number of aromatic nitrogens is 1. The van der Waals surface area contributed by atoms with E-state index in [1.807, 2.05) is 45.0 Å². The van der Waals surface area contributed by atoms with Crippen LogP contribution in [0.3, 0.4) is 0 Å². The van der Waals surface area contributed by atoms with Crippen LogP contribution in [-0.2, 0) is 28.8 Å². The van der Waals surface area contributed by atoms with Crippen molar-refractivity contribution in [1.29, 1.82) is 0 Å². The van der Waals surface area contributed by atoms with E-state index in [1.54, 1.807) is 19.1 Å². The molecule has 0 saturated heterocycles. The smallest absolute Gasteiger partial charge is 0.310 e. The maximum absolute atomic E-state index is 15.5. The number of carbonyl (C=O) groups excluding carboxylic acids is 1. The monoisotopic (exact) mass is 571 g/mol. The van der Waals surface area contributed by atoms with Gasteiger partial charge >= 0.3 is 5.97 Å². The fourth-order valence-corrected chi connectivity index (χ4v) is 5.68. The van der Waals surface area contributed by atoms with E-state index in [2.05, 4.69) is 0 Å². The van der Waals surface area contributed by atoms with E-state index in [1.165, 1.54) is 18.2 Å². The lowest BCUT2D eigenvalue weighted by Crippen LogP contribution is -2.14. The van der Waals surface area contributed by atoms with E-state index < -0.39 is 5.82 Å². The van der Waals surface area contributed by atoms with Crippen LogP contribution in [0.1, 0.15) is 47.0 Å². The second-order valence-corrected chi connectivity index (χ2v) is 10.5. The van der Waals surface area contributed by atoms with Crippen molar-refractivity contribution in [2.24, 2.45) is 0 Å². The first kappa shape index (κ1) is 29.2. The second kappa shape index (κ2) is 12.7. The van der Waals surface area contributed by atoms with Crippen molar-refractivity contribution in [3.05, 3.63) is 99.9 Å². The lowest BCUT2D eigenvalue weighted by Gasteiger charge is -2.25. The van der Waals surface area contributed by atoms with Gasteiger partial charge in [-0.3, -0.25) is 9.78 Å². The third kappa shape index (κ3) is 6.15. The Bertz CT molecular complexity index is 1600. The first-order valence-electron chi connectivity index (χ1n) is 14.3. The van der Waals surface area contributed by atoms with Gasteiger partial charge in [0.25, 0.3) is 0 Å². The molecule has 2 heterocycles. The van der Waals surface area contributed by atoms with Crippen molar-refractivity contribution in [2.75, 3.05) is 19.8 Å². The summed E-state index contributed by atoms with van der Waals surface area (Å²) < 4.78 is 45.7. The second-order valence-electron chi connectivity index (χ2n) is 10.5. The SMILES string of the molecule is CCOC(=O)Cc1c(C)nc(C)c(-c2ccc(OCCc3ccc(F)cc3)cc2)c1-c1cc(F)c2c(c1C)CCCO2. The van der Waals surface area contributed by atoms with Gasteiger partial charge in [-0.25, -0.2) is 8.78 Å². The van der Waals surface area contributed by atoms with Gasteiger partial charge in [0.15, 0.2) is 11.6 Å². The van der Waals surface area contributed by atoms with Gasteiger partial charge in [0.1, 0.15) is 11.6 Å². The molecule has 0 N–H and O–H groups in total. The number of benzene rings is 3. The van der Waals surface area contributed by atoms with Crippen molar-refractivity contribution in [1.82, 2.24) is 4.98 Å². The highest BCUT2D eigenvalue weighted by Gasteiger charge is 2.27. The number of hydrogen-bond donors (Lipinski definition) is 0. The molecular formula is C35H35F2NO4. The molecule has 1 aliphatic rings. The minimum Gasteiger partial charge on any atom is -0.493 e. The zero-order chi connectivity index (χ0) is 29.8. The van der Waals surface area contributed by atoms with Crippen LogP contribution in [-0.4, -0.2) is 30.8 Å². The largest absolute Gasteiger partial charge is 0.493 e. The molecule has 0 unspecified atom stereocenters. The average Bonchev–Trinajstić information content (AvgIpc) is 2.98. The Hall–Kier alpha value is -4.26. The number of esters is 1. The molecule has 1 aromatic heterocycles. The van der Waals surface area contributed by atoms with Gasteiger partial charge in [-0.2, -0.15) is 0 Å². The Kier molecular flexibility index (Phi) is 8.86. The highest BCUT2D eigenvalue weighted by atomic mass is 19.1. The number of pyridine rings is 1. The van der Waals surface area contributed by atoms with Crippen LogP contribution in [0.15, 0.2) is 54.6 Å². The van der Waals surface area contributed by atoms with Crippen molar-refractivity contribution in [3.63, 3.8) is 0 Å². The molecule has 0 spiro atoms. The van der Waals surface area contributed by atoms with Crippen LogP contribution in [0.2, 0.25) is 0 Å². The van der Waals surface area contributed by atoms with Crippen LogP contribution in [0.4, 0.5) is 8.78 Å². The Morgan fingerprint density at radius 1 is 0.976 bits per heavy atom. The van der Waals surface area contributed by atoms with Crippen LogP contribution in [0.5, 0.6) is 11.5 Å². The zero-order valence-corrected chi connectivity index (χ0v) is 24.5. The normalized spacial score (nSPS) is 12.4. The van der Waals surface area contributed by atoms with Gasteiger partial charge in [0, 0.05) is 28.9 Å². The van der Waals surface area contributed by atoms with Gasteiger partial charge in [0.05, 0.1) is 26.2 Å². The summed E-state index contributed by atoms with van der Waals surface area (Å²) in [7, 11) is 0. The highest BCUT2D eigenvalue weighted by Crippen LogP contribution is 2.44. The molecule has 0 radical (unpaired) electrons. The van der Waals surface area contributed by atoms with Gasteiger partial charge in [0.2, 0.25) is 0 Å².